The van der Waals surface area contributed by atoms with E-state index < -0.39 is 0 Å². The highest BCUT2D eigenvalue weighted by molar-refractivity contribution is 6.31. The second-order valence-electron chi connectivity index (χ2n) is 5.46. The zero-order valence-electron chi connectivity index (χ0n) is 12.6. The molecule has 6 heteroatoms. The molecule has 0 saturated carbocycles. The van der Waals surface area contributed by atoms with E-state index in [1.807, 2.05) is 6.07 Å². The summed E-state index contributed by atoms with van der Waals surface area (Å²) in [6.07, 6.45) is 0. The van der Waals surface area contributed by atoms with Gasteiger partial charge in [0.25, 0.3) is 0 Å². The number of hydrogen-bond acceptors (Lipinski definition) is 4. The molecule has 1 saturated heterocycles. The molecule has 0 aliphatic carbocycles. The Balaban J connectivity index is 0.00000220. The largest absolute Gasteiger partial charge is 0.465 e. The fourth-order valence-electron chi connectivity index (χ4n) is 2.75. The van der Waals surface area contributed by atoms with Crippen LogP contribution in [0.3, 0.4) is 0 Å². The number of hydrogen-bond donors (Lipinski definition) is 1. The number of carbonyl (C=O) groups excluding carboxylic acids is 1. The van der Waals surface area contributed by atoms with Crippen molar-refractivity contribution < 1.29 is 9.53 Å². The van der Waals surface area contributed by atoms with Crippen molar-refractivity contribution in [3.05, 3.63) is 34.3 Å². The fraction of sp³-hybridized carbons (Fsp3) is 0.533. The molecule has 1 N–H and O–H groups in total. The molecular weight excluding hydrogens is 311 g/mol. The van der Waals surface area contributed by atoms with Crippen LogP contribution >= 0.6 is 24.0 Å². The molecule has 4 nitrogen and oxygen atoms in total. The van der Waals surface area contributed by atoms with Crippen molar-refractivity contribution in [1.29, 1.82) is 0 Å². The molecule has 1 aromatic rings. The van der Waals surface area contributed by atoms with E-state index in [2.05, 4.69) is 24.1 Å². The molecule has 0 amide bonds. The quantitative estimate of drug-likeness (QED) is 0.864. The summed E-state index contributed by atoms with van der Waals surface area (Å²) < 4.78 is 4.75. The summed E-state index contributed by atoms with van der Waals surface area (Å²) in [6, 6.07) is 6.20. The predicted molar refractivity (Wildman–Crippen MR) is 87.4 cm³/mol. The first-order valence-corrected chi connectivity index (χ1v) is 7.22. The number of rotatable bonds is 3. The van der Waals surface area contributed by atoms with Gasteiger partial charge >= 0.3 is 5.97 Å². The molecule has 118 valence electrons. The number of methoxy groups -OCH3 is 1. The third kappa shape index (κ3) is 4.85. The molecular formula is C15H22Cl2N2O2. The lowest BCUT2D eigenvalue weighted by Gasteiger charge is -2.36. The van der Waals surface area contributed by atoms with Crippen molar-refractivity contribution >= 4 is 30.0 Å². The van der Waals surface area contributed by atoms with Crippen LogP contribution in [0.4, 0.5) is 0 Å². The lowest BCUT2D eigenvalue weighted by molar-refractivity contribution is 0.0600. The highest BCUT2D eigenvalue weighted by atomic mass is 35.5. The van der Waals surface area contributed by atoms with E-state index in [0.717, 1.165) is 25.2 Å². The molecule has 1 aromatic carbocycles. The van der Waals surface area contributed by atoms with Gasteiger partial charge in [0, 0.05) is 36.7 Å². The second kappa shape index (κ2) is 7.99. The molecule has 0 spiro atoms. The molecule has 0 radical (unpaired) electrons. The minimum absolute atomic E-state index is 0. The Labute approximate surface area is 137 Å². The number of benzene rings is 1. The SMILES string of the molecule is COC(=O)c1ccc(Cl)c(CN2CC(C)NC(C)C2)c1.Cl. The van der Waals surface area contributed by atoms with Gasteiger partial charge < -0.3 is 10.1 Å². The average molecular weight is 333 g/mol. The van der Waals surface area contributed by atoms with E-state index in [1.165, 1.54) is 7.11 Å². The maximum Gasteiger partial charge on any atom is 0.337 e. The van der Waals surface area contributed by atoms with Gasteiger partial charge in [0.05, 0.1) is 12.7 Å². The molecule has 0 bridgehead atoms. The molecule has 0 aromatic heterocycles. The molecule has 1 aliphatic heterocycles. The molecule has 2 unspecified atom stereocenters. The van der Waals surface area contributed by atoms with Gasteiger partial charge in [0.2, 0.25) is 0 Å². The van der Waals surface area contributed by atoms with Crippen LogP contribution in [0.5, 0.6) is 0 Å². The fourth-order valence-corrected chi connectivity index (χ4v) is 2.93. The Morgan fingerprint density at radius 3 is 2.57 bits per heavy atom. The van der Waals surface area contributed by atoms with Crippen molar-refractivity contribution in [2.24, 2.45) is 0 Å². The molecule has 2 rings (SSSR count). The molecule has 2 atom stereocenters. The van der Waals surface area contributed by atoms with E-state index in [1.54, 1.807) is 12.1 Å². The van der Waals surface area contributed by atoms with E-state index in [9.17, 15) is 4.79 Å². The second-order valence-corrected chi connectivity index (χ2v) is 5.87. The van der Waals surface area contributed by atoms with Gasteiger partial charge in [-0.3, -0.25) is 4.90 Å². The average Bonchev–Trinajstić information content (AvgIpc) is 2.39. The zero-order valence-corrected chi connectivity index (χ0v) is 14.1. The Morgan fingerprint density at radius 2 is 2.00 bits per heavy atom. The molecule has 1 aliphatic rings. The van der Waals surface area contributed by atoms with Gasteiger partial charge in [0.15, 0.2) is 0 Å². The van der Waals surface area contributed by atoms with Crippen molar-refractivity contribution in [3.63, 3.8) is 0 Å². The van der Waals surface area contributed by atoms with Gasteiger partial charge in [0.1, 0.15) is 0 Å². The van der Waals surface area contributed by atoms with Crippen LogP contribution in [0, 0.1) is 0 Å². The smallest absolute Gasteiger partial charge is 0.337 e. The van der Waals surface area contributed by atoms with Gasteiger partial charge in [-0.1, -0.05) is 11.6 Å². The third-order valence-electron chi connectivity index (χ3n) is 3.49. The van der Waals surface area contributed by atoms with E-state index >= 15 is 0 Å². The number of esters is 1. The Morgan fingerprint density at radius 1 is 1.38 bits per heavy atom. The number of ether oxygens (including phenoxy) is 1. The minimum atomic E-state index is -0.329. The molecule has 1 fully saturated rings. The molecule has 21 heavy (non-hydrogen) atoms. The Kier molecular flexibility index (Phi) is 6.94. The van der Waals surface area contributed by atoms with E-state index in [4.69, 9.17) is 16.3 Å². The molecule has 1 heterocycles. The van der Waals surface area contributed by atoms with Gasteiger partial charge in [-0.25, -0.2) is 4.79 Å². The summed E-state index contributed by atoms with van der Waals surface area (Å²) >= 11 is 6.24. The monoisotopic (exact) mass is 332 g/mol. The van der Waals surface area contributed by atoms with Crippen LogP contribution in [-0.4, -0.2) is 43.2 Å². The Hall–Kier alpha value is -0.810. The number of nitrogens with one attached hydrogen (secondary N) is 1. The minimum Gasteiger partial charge on any atom is -0.465 e. The summed E-state index contributed by atoms with van der Waals surface area (Å²) in [5.74, 6) is -0.329. The van der Waals surface area contributed by atoms with Crippen LogP contribution < -0.4 is 5.32 Å². The lowest BCUT2D eigenvalue weighted by atomic mass is 10.1. The number of carbonyl (C=O) groups is 1. The standard InChI is InChI=1S/C15H21ClN2O2.ClH/c1-10-7-18(8-11(2)17-10)9-13-6-12(15(19)20-3)4-5-14(13)16;/h4-6,10-11,17H,7-9H2,1-3H3;1H. The summed E-state index contributed by atoms with van der Waals surface area (Å²) in [5.41, 5.74) is 1.51. The summed E-state index contributed by atoms with van der Waals surface area (Å²) in [4.78, 5) is 13.9. The Bertz CT molecular complexity index is 487. The van der Waals surface area contributed by atoms with Crippen LogP contribution in [0.25, 0.3) is 0 Å². The van der Waals surface area contributed by atoms with Crippen LogP contribution in [0.1, 0.15) is 29.8 Å². The highest BCUT2D eigenvalue weighted by Crippen LogP contribution is 2.21. The number of nitrogens with zero attached hydrogens (tertiary/aromatic N) is 1. The van der Waals surface area contributed by atoms with Crippen LogP contribution in [-0.2, 0) is 11.3 Å². The number of halogens is 2. The summed E-state index contributed by atoms with van der Waals surface area (Å²) in [7, 11) is 1.39. The first-order valence-electron chi connectivity index (χ1n) is 6.84. The van der Waals surface area contributed by atoms with Gasteiger partial charge in [-0.05, 0) is 37.6 Å². The lowest BCUT2D eigenvalue weighted by Crippen LogP contribution is -2.53. The van der Waals surface area contributed by atoms with E-state index in [0.29, 0.717) is 22.7 Å². The zero-order chi connectivity index (χ0) is 14.7. The predicted octanol–water partition coefficient (Wildman–Crippen LogP) is 2.73. The first-order chi connectivity index (χ1) is 9.49. The number of piperazine rings is 1. The van der Waals surface area contributed by atoms with Gasteiger partial charge in [-0.2, -0.15) is 0 Å². The van der Waals surface area contributed by atoms with Crippen LogP contribution in [0.2, 0.25) is 5.02 Å². The topological polar surface area (TPSA) is 41.6 Å². The van der Waals surface area contributed by atoms with Crippen molar-refractivity contribution in [3.8, 4) is 0 Å². The normalized spacial score (nSPS) is 22.5. The van der Waals surface area contributed by atoms with Crippen molar-refractivity contribution in [2.75, 3.05) is 20.2 Å². The van der Waals surface area contributed by atoms with Crippen molar-refractivity contribution in [1.82, 2.24) is 10.2 Å². The maximum atomic E-state index is 11.6. The van der Waals surface area contributed by atoms with Crippen molar-refractivity contribution in [2.45, 2.75) is 32.5 Å². The third-order valence-corrected chi connectivity index (χ3v) is 3.86. The highest BCUT2D eigenvalue weighted by Gasteiger charge is 2.21. The summed E-state index contributed by atoms with van der Waals surface area (Å²) in [6.45, 7) is 7.05. The first kappa shape index (κ1) is 18.2. The summed E-state index contributed by atoms with van der Waals surface area (Å²) in [5, 5.41) is 4.19. The van der Waals surface area contributed by atoms with Crippen LogP contribution in [0.15, 0.2) is 18.2 Å². The van der Waals surface area contributed by atoms with E-state index in [-0.39, 0.29) is 18.4 Å². The van der Waals surface area contributed by atoms with Gasteiger partial charge in [-0.15, -0.1) is 12.4 Å². The maximum absolute atomic E-state index is 11.6.